The molecule has 2 aliphatic rings. The topological polar surface area (TPSA) is 161 Å². The van der Waals surface area contributed by atoms with Gasteiger partial charge in [-0.25, -0.2) is 14.4 Å². The Bertz CT molecular complexity index is 1860. The van der Waals surface area contributed by atoms with E-state index in [4.69, 9.17) is 22.1 Å². The van der Waals surface area contributed by atoms with Crippen molar-refractivity contribution in [1.29, 1.82) is 0 Å². The van der Waals surface area contributed by atoms with Crippen LogP contribution in [0.4, 0.5) is 15.9 Å². The van der Waals surface area contributed by atoms with E-state index in [9.17, 15) is 23.9 Å². The Morgan fingerprint density at radius 1 is 1.23 bits per heavy atom. The Balaban J connectivity index is 1.27. The summed E-state index contributed by atoms with van der Waals surface area (Å²) in [6.07, 6.45) is 4.26. The lowest BCUT2D eigenvalue weighted by atomic mass is 10.0. The summed E-state index contributed by atoms with van der Waals surface area (Å²) in [4.78, 5) is 51.7. The molecule has 4 N–H and O–H groups in total. The molecular formula is C29H30ClFN8O5. The van der Waals surface area contributed by atoms with Crippen LogP contribution in [0.3, 0.4) is 0 Å². The number of hydrogen-bond acceptors (Lipinski definition) is 9. The number of rotatable bonds is 7. The molecule has 15 heteroatoms. The van der Waals surface area contributed by atoms with Crippen LogP contribution < -0.4 is 21.5 Å². The third kappa shape index (κ3) is 5.36. The van der Waals surface area contributed by atoms with E-state index in [-0.39, 0.29) is 39.8 Å². The molecule has 3 aromatic heterocycles. The van der Waals surface area contributed by atoms with Gasteiger partial charge in [0.15, 0.2) is 11.6 Å². The Labute approximate surface area is 255 Å². The van der Waals surface area contributed by atoms with Crippen LogP contribution in [0.2, 0.25) is 5.02 Å². The van der Waals surface area contributed by atoms with E-state index >= 15 is 0 Å². The lowest BCUT2D eigenvalue weighted by Gasteiger charge is -2.46. The van der Waals surface area contributed by atoms with Crippen molar-refractivity contribution in [1.82, 2.24) is 24.0 Å². The summed E-state index contributed by atoms with van der Waals surface area (Å²) in [6, 6.07) is 4.53. The average Bonchev–Trinajstić information content (AvgIpc) is 3.31. The third-order valence-corrected chi connectivity index (χ3v) is 8.40. The first kappa shape index (κ1) is 29.5. The second kappa shape index (κ2) is 11.5. The van der Waals surface area contributed by atoms with E-state index in [1.165, 1.54) is 41.0 Å². The number of nitrogens with zero attached hydrogens (tertiary/aromatic N) is 6. The van der Waals surface area contributed by atoms with Crippen LogP contribution in [0.25, 0.3) is 22.2 Å². The number of anilines is 2. The summed E-state index contributed by atoms with van der Waals surface area (Å²) in [5.41, 5.74) is 5.25. The molecule has 2 aliphatic heterocycles. The van der Waals surface area contributed by atoms with Gasteiger partial charge in [-0.3, -0.25) is 19.3 Å². The fraction of sp³-hybridized carbons (Fsp3) is 0.345. The number of hydrogen-bond donors (Lipinski definition) is 3. The number of carbonyl (C=O) groups excluding carboxylic acids is 2. The largest absolute Gasteiger partial charge is 0.504 e. The number of fused-ring (bicyclic) bond motifs is 1. The number of amides is 2. The first-order chi connectivity index (χ1) is 21.0. The molecule has 2 saturated heterocycles. The van der Waals surface area contributed by atoms with Crippen LogP contribution in [-0.2, 0) is 23.1 Å². The Hall–Kier alpha value is -4.53. The van der Waals surface area contributed by atoms with Crippen molar-refractivity contribution >= 4 is 46.0 Å². The van der Waals surface area contributed by atoms with Crippen molar-refractivity contribution in [3.8, 4) is 16.9 Å². The van der Waals surface area contributed by atoms with Crippen molar-refractivity contribution in [3.63, 3.8) is 0 Å². The molecule has 0 saturated carbocycles. The number of pyridine rings is 1. The number of halogens is 2. The number of primary amides is 1. The highest BCUT2D eigenvalue weighted by atomic mass is 35.5. The average molecular weight is 625 g/mol. The van der Waals surface area contributed by atoms with Gasteiger partial charge in [0.25, 0.3) is 11.5 Å². The second-order valence-corrected chi connectivity index (χ2v) is 11.5. The van der Waals surface area contributed by atoms with E-state index in [1.807, 2.05) is 0 Å². The van der Waals surface area contributed by atoms with Crippen LogP contribution in [-0.4, -0.2) is 85.9 Å². The molecule has 1 aromatic carbocycles. The van der Waals surface area contributed by atoms with Crippen LogP contribution in [0, 0.1) is 5.82 Å². The molecule has 0 unspecified atom stereocenters. The van der Waals surface area contributed by atoms with Gasteiger partial charge in [0.1, 0.15) is 18.0 Å². The number of aromatic nitrogens is 4. The summed E-state index contributed by atoms with van der Waals surface area (Å²) < 4.78 is 22.6. The molecule has 5 heterocycles. The Morgan fingerprint density at radius 3 is 2.68 bits per heavy atom. The van der Waals surface area contributed by atoms with Crippen LogP contribution >= 0.6 is 11.6 Å². The van der Waals surface area contributed by atoms with Crippen molar-refractivity contribution < 1.29 is 23.8 Å². The molecule has 6 rings (SSSR count). The molecule has 230 valence electrons. The monoisotopic (exact) mass is 624 g/mol. The quantitative estimate of drug-likeness (QED) is 0.279. The van der Waals surface area contributed by atoms with E-state index in [0.717, 1.165) is 38.9 Å². The summed E-state index contributed by atoms with van der Waals surface area (Å²) in [5.74, 6) is -2.82. The zero-order chi connectivity index (χ0) is 31.3. The van der Waals surface area contributed by atoms with Crippen molar-refractivity contribution in [2.75, 3.05) is 43.1 Å². The molecule has 2 amide bonds. The molecule has 4 aromatic rings. The van der Waals surface area contributed by atoms with Gasteiger partial charge in [0, 0.05) is 50.6 Å². The predicted molar refractivity (Wildman–Crippen MR) is 161 cm³/mol. The number of benzene rings is 1. The maximum Gasteiger partial charge on any atom is 0.263 e. The normalized spacial score (nSPS) is 17.5. The highest BCUT2D eigenvalue weighted by molar-refractivity contribution is 6.33. The molecule has 0 radical (unpaired) electrons. The Kier molecular flexibility index (Phi) is 7.73. The van der Waals surface area contributed by atoms with Gasteiger partial charge in [-0.2, -0.15) is 0 Å². The minimum absolute atomic E-state index is 0.0918. The summed E-state index contributed by atoms with van der Waals surface area (Å²) in [5, 5.41) is 13.1. The lowest BCUT2D eigenvalue weighted by Crippen LogP contribution is -2.59. The standard InChI is InChI=1S/C29H30ClFN8O5/c1-15-9-37(17-12-44-13-17)3-4-39(15)23-7-22(20(30)8-33-23)35-24(40)11-38-10-19(25-28(38)34-14-36(2)29(25)43)16-5-18(27(32)42)26(41)21(31)6-16/h5-8,10,14-15,17,41H,3-4,9,11-13H2,1-2H3,(H2,32,42)(H,33,35,40)/t15-/m0/s1. The lowest BCUT2D eigenvalue weighted by molar-refractivity contribution is -0.116. The third-order valence-electron chi connectivity index (χ3n) is 8.10. The van der Waals surface area contributed by atoms with Crippen molar-refractivity contribution in [2.45, 2.75) is 25.6 Å². The van der Waals surface area contributed by atoms with E-state index < -0.39 is 34.5 Å². The molecule has 0 aliphatic carbocycles. The first-order valence-electron chi connectivity index (χ1n) is 13.9. The SMILES string of the molecule is C[C@H]1CN(C2COC2)CCN1c1cc(NC(=O)Cn2cc(-c3cc(F)c(O)c(C(N)=O)c3)c3c(=O)n(C)cnc32)c(Cl)cn1. The van der Waals surface area contributed by atoms with Gasteiger partial charge in [0.05, 0.1) is 53.4 Å². The maximum absolute atomic E-state index is 14.6. The smallest absolute Gasteiger partial charge is 0.263 e. The fourth-order valence-electron chi connectivity index (χ4n) is 5.66. The number of phenols is 1. The van der Waals surface area contributed by atoms with Gasteiger partial charge in [-0.15, -0.1) is 0 Å². The van der Waals surface area contributed by atoms with E-state index in [2.05, 4.69) is 32.0 Å². The molecular weight excluding hydrogens is 595 g/mol. The molecule has 44 heavy (non-hydrogen) atoms. The number of ether oxygens (including phenoxy) is 1. The number of aromatic hydroxyl groups is 1. The zero-order valence-corrected chi connectivity index (χ0v) is 24.7. The second-order valence-electron chi connectivity index (χ2n) is 11.0. The van der Waals surface area contributed by atoms with Crippen molar-refractivity contribution in [2.24, 2.45) is 12.8 Å². The summed E-state index contributed by atoms with van der Waals surface area (Å²) in [6.45, 7) is 5.85. The Morgan fingerprint density at radius 2 is 2.00 bits per heavy atom. The minimum Gasteiger partial charge on any atom is -0.504 e. The van der Waals surface area contributed by atoms with Crippen LogP contribution in [0.15, 0.2) is 41.7 Å². The number of carbonyl (C=O) groups is 2. The molecule has 0 bridgehead atoms. The fourth-order valence-corrected chi connectivity index (χ4v) is 5.81. The number of nitrogens with two attached hydrogens (primary N) is 1. The number of piperazine rings is 1. The van der Waals surface area contributed by atoms with Crippen LogP contribution in [0.5, 0.6) is 5.75 Å². The van der Waals surface area contributed by atoms with Crippen LogP contribution in [0.1, 0.15) is 17.3 Å². The molecule has 1 atom stereocenters. The molecule has 0 spiro atoms. The molecule has 2 fully saturated rings. The first-order valence-corrected chi connectivity index (χ1v) is 14.3. The van der Waals surface area contributed by atoms with E-state index in [1.54, 1.807) is 6.07 Å². The number of aryl methyl sites for hydroxylation is 1. The van der Waals surface area contributed by atoms with Gasteiger partial charge in [-0.05, 0) is 24.6 Å². The van der Waals surface area contributed by atoms with Gasteiger partial charge >= 0.3 is 0 Å². The molecule has 13 nitrogen and oxygen atoms in total. The summed E-state index contributed by atoms with van der Waals surface area (Å²) in [7, 11) is 1.50. The van der Waals surface area contributed by atoms with Crippen molar-refractivity contribution in [3.05, 3.63) is 63.7 Å². The minimum atomic E-state index is -1.09. The number of nitrogens with one attached hydrogen (secondary N) is 1. The van der Waals surface area contributed by atoms with Gasteiger partial charge < -0.3 is 34.9 Å². The predicted octanol–water partition coefficient (Wildman–Crippen LogP) is 1.94. The highest BCUT2D eigenvalue weighted by Crippen LogP contribution is 2.33. The zero-order valence-electron chi connectivity index (χ0n) is 24.0. The summed E-state index contributed by atoms with van der Waals surface area (Å²) >= 11 is 6.42. The van der Waals surface area contributed by atoms with E-state index in [0.29, 0.717) is 17.5 Å². The highest BCUT2D eigenvalue weighted by Gasteiger charge is 2.33. The van der Waals surface area contributed by atoms with Gasteiger partial charge in [0.2, 0.25) is 5.91 Å². The maximum atomic E-state index is 14.6. The van der Waals surface area contributed by atoms with Gasteiger partial charge in [-0.1, -0.05) is 11.6 Å².